The Morgan fingerprint density at radius 2 is 1.83 bits per heavy atom. The molecule has 0 amide bonds. The van der Waals surface area contributed by atoms with Gasteiger partial charge in [0.1, 0.15) is 0 Å². The summed E-state index contributed by atoms with van der Waals surface area (Å²) in [6.07, 6.45) is 0.938. The summed E-state index contributed by atoms with van der Waals surface area (Å²) in [7, 11) is -2.64. The standard InChI is InChI=1S/C11H14BrF2NO2S/c1-15(8-2-7-12)9-3-5-10(6-4-9)18(16,17)11(13)14/h3-6,11H,2,7-8H2,1H3. The van der Waals surface area contributed by atoms with Crippen LogP contribution in [0.1, 0.15) is 6.42 Å². The van der Waals surface area contributed by atoms with Crippen LogP contribution in [0.15, 0.2) is 29.2 Å². The van der Waals surface area contributed by atoms with Gasteiger partial charge in [0.2, 0.25) is 9.84 Å². The Morgan fingerprint density at radius 1 is 1.28 bits per heavy atom. The van der Waals surface area contributed by atoms with Gasteiger partial charge in [-0.2, -0.15) is 8.78 Å². The van der Waals surface area contributed by atoms with Gasteiger partial charge in [-0.15, -0.1) is 0 Å². The molecule has 0 radical (unpaired) electrons. The first-order valence-electron chi connectivity index (χ1n) is 5.29. The van der Waals surface area contributed by atoms with Gasteiger partial charge in [0.05, 0.1) is 4.90 Å². The van der Waals surface area contributed by atoms with E-state index in [9.17, 15) is 17.2 Å². The molecule has 0 heterocycles. The van der Waals surface area contributed by atoms with Crippen molar-refractivity contribution >= 4 is 31.5 Å². The summed E-state index contributed by atoms with van der Waals surface area (Å²) in [5, 5.41) is 0.870. The number of anilines is 1. The molecule has 0 aromatic heterocycles. The molecular weight excluding hydrogens is 328 g/mol. The molecule has 102 valence electrons. The monoisotopic (exact) mass is 341 g/mol. The molecule has 0 aliphatic rings. The van der Waals surface area contributed by atoms with Crippen LogP contribution in [-0.2, 0) is 9.84 Å². The molecular formula is C11H14BrF2NO2S. The Labute approximate surface area is 114 Å². The van der Waals surface area contributed by atoms with E-state index in [1.54, 1.807) is 0 Å². The maximum atomic E-state index is 12.3. The highest BCUT2D eigenvalue weighted by molar-refractivity contribution is 9.09. The summed E-state index contributed by atoms with van der Waals surface area (Å²) in [5.41, 5.74) is 0.796. The first kappa shape index (κ1) is 15.4. The summed E-state index contributed by atoms with van der Waals surface area (Å²) in [6, 6.07) is 5.48. The SMILES string of the molecule is CN(CCCBr)c1ccc(S(=O)(=O)C(F)F)cc1. The predicted octanol–water partition coefficient (Wildman–Crippen LogP) is 2.90. The van der Waals surface area contributed by atoms with E-state index in [-0.39, 0.29) is 4.90 Å². The van der Waals surface area contributed by atoms with Gasteiger partial charge in [0.25, 0.3) is 0 Å². The Kier molecular flexibility index (Phi) is 5.52. The Morgan fingerprint density at radius 3 is 2.28 bits per heavy atom. The molecule has 1 aromatic rings. The summed E-state index contributed by atoms with van der Waals surface area (Å²) >= 11 is 3.31. The molecule has 0 saturated heterocycles. The number of alkyl halides is 3. The topological polar surface area (TPSA) is 37.4 Å². The van der Waals surface area contributed by atoms with Crippen LogP contribution in [0.2, 0.25) is 0 Å². The van der Waals surface area contributed by atoms with Crippen molar-refractivity contribution in [2.45, 2.75) is 17.1 Å². The molecule has 0 fully saturated rings. The van der Waals surface area contributed by atoms with Crippen molar-refractivity contribution in [2.75, 3.05) is 23.8 Å². The average Bonchev–Trinajstić information content (AvgIpc) is 2.35. The summed E-state index contributed by atoms with van der Waals surface area (Å²) < 4.78 is 47.1. The van der Waals surface area contributed by atoms with Crippen LogP contribution in [-0.4, -0.2) is 33.1 Å². The molecule has 1 rings (SSSR count). The van der Waals surface area contributed by atoms with Crippen molar-refractivity contribution in [3.8, 4) is 0 Å². The van der Waals surface area contributed by atoms with Gasteiger partial charge in [0.15, 0.2) is 0 Å². The van der Waals surface area contributed by atoms with Crippen molar-refractivity contribution in [3.05, 3.63) is 24.3 Å². The maximum Gasteiger partial charge on any atom is 0.341 e. The molecule has 0 bridgehead atoms. The zero-order valence-electron chi connectivity index (χ0n) is 9.81. The minimum Gasteiger partial charge on any atom is -0.375 e. The van der Waals surface area contributed by atoms with E-state index < -0.39 is 15.6 Å². The molecule has 18 heavy (non-hydrogen) atoms. The van der Waals surface area contributed by atoms with Crippen LogP contribution in [0.3, 0.4) is 0 Å². The molecule has 0 saturated carbocycles. The predicted molar refractivity (Wildman–Crippen MR) is 71.3 cm³/mol. The smallest absolute Gasteiger partial charge is 0.341 e. The number of hydrogen-bond donors (Lipinski definition) is 0. The molecule has 0 aliphatic carbocycles. The zero-order chi connectivity index (χ0) is 13.8. The Balaban J connectivity index is 2.87. The van der Waals surface area contributed by atoms with Crippen LogP contribution < -0.4 is 4.90 Å². The molecule has 0 spiro atoms. The lowest BCUT2D eigenvalue weighted by Crippen LogP contribution is -2.19. The second-order valence-electron chi connectivity index (χ2n) is 3.76. The third-order valence-corrected chi connectivity index (χ3v) is 4.43. The highest BCUT2D eigenvalue weighted by Gasteiger charge is 2.26. The van der Waals surface area contributed by atoms with Crippen molar-refractivity contribution in [1.29, 1.82) is 0 Å². The van der Waals surface area contributed by atoms with Crippen LogP contribution >= 0.6 is 15.9 Å². The van der Waals surface area contributed by atoms with E-state index in [0.29, 0.717) is 0 Å². The van der Waals surface area contributed by atoms with E-state index in [1.165, 1.54) is 24.3 Å². The van der Waals surface area contributed by atoms with Gasteiger partial charge >= 0.3 is 5.76 Å². The van der Waals surface area contributed by atoms with Gasteiger partial charge in [-0.05, 0) is 30.7 Å². The largest absolute Gasteiger partial charge is 0.375 e. The number of halogens is 3. The molecule has 1 aromatic carbocycles. The van der Waals surface area contributed by atoms with Gasteiger partial charge in [-0.3, -0.25) is 0 Å². The van der Waals surface area contributed by atoms with Gasteiger partial charge in [-0.25, -0.2) is 8.42 Å². The number of hydrogen-bond acceptors (Lipinski definition) is 3. The van der Waals surface area contributed by atoms with Crippen LogP contribution in [0, 0.1) is 0 Å². The highest BCUT2D eigenvalue weighted by Crippen LogP contribution is 2.21. The van der Waals surface area contributed by atoms with Gasteiger partial charge < -0.3 is 4.90 Å². The fourth-order valence-electron chi connectivity index (χ4n) is 1.42. The van der Waals surface area contributed by atoms with Crippen molar-refractivity contribution in [1.82, 2.24) is 0 Å². The fourth-order valence-corrected chi connectivity index (χ4v) is 2.39. The first-order chi connectivity index (χ1) is 8.39. The lowest BCUT2D eigenvalue weighted by molar-refractivity contribution is 0.234. The number of nitrogens with zero attached hydrogens (tertiary/aromatic N) is 1. The molecule has 0 aliphatic heterocycles. The minimum absolute atomic E-state index is 0.352. The summed E-state index contributed by atoms with van der Waals surface area (Å²) in [4.78, 5) is 1.58. The molecule has 0 unspecified atom stereocenters. The first-order valence-corrected chi connectivity index (χ1v) is 7.95. The summed E-state index contributed by atoms with van der Waals surface area (Å²) in [5.74, 6) is -3.38. The molecule has 7 heteroatoms. The number of rotatable bonds is 6. The minimum atomic E-state index is -4.50. The van der Waals surface area contributed by atoms with E-state index in [2.05, 4.69) is 15.9 Å². The normalized spacial score (nSPS) is 11.8. The van der Waals surface area contributed by atoms with Crippen LogP contribution in [0.5, 0.6) is 0 Å². The second-order valence-corrected chi connectivity index (χ2v) is 6.47. The van der Waals surface area contributed by atoms with Crippen LogP contribution in [0.25, 0.3) is 0 Å². The van der Waals surface area contributed by atoms with Crippen molar-refractivity contribution in [2.24, 2.45) is 0 Å². The fraction of sp³-hybridized carbons (Fsp3) is 0.455. The van der Waals surface area contributed by atoms with E-state index in [1.807, 2.05) is 11.9 Å². The van der Waals surface area contributed by atoms with Crippen LogP contribution in [0.4, 0.5) is 14.5 Å². The second kappa shape index (κ2) is 6.47. The van der Waals surface area contributed by atoms with E-state index in [0.717, 1.165) is 24.0 Å². The van der Waals surface area contributed by atoms with Gasteiger partial charge in [-0.1, -0.05) is 15.9 Å². The molecule has 3 nitrogen and oxygen atoms in total. The molecule has 0 N–H and O–H groups in total. The Bertz CT molecular complexity index is 476. The maximum absolute atomic E-state index is 12.3. The lowest BCUT2D eigenvalue weighted by Gasteiger charge is -2.18. The van der Waals surface area contributed by atoms with E-state index >= 15 is 0 Å². The van der Waals surface area contributed by atoms with Crippen molar-refractivity contribution in [3.63, 3.8) is 0 Å². The number of sulfone groups is 1. The third-order valence-electron chi connectivity index (χ3n) is 2.47. The Hall–Kier alpha value is -0.690. The zero-order valence-corrected chi connectivity index (χ0v) is 12.2. The quantitative estimate of drug-likeness (QED) is 0.746. The molecule has 0 atom stereocenters. The average molecular weight is 342 g/mol. The third kappa shape index (κ3) is 3.65. The summed E-state index contributed by atoms with van der Waals surface area (Å²) in [6.45, 7) is 0.798. The van der Waals surface area contributed by atoms with Crippen molar-refractivity contribution < 1.29 is 17.2 Å². The highest BCUT2D eigenvalue weighted by atomic mass is 79.9. The van der Waals surface area contributed by atoms with Gasteiger partial charge in [0, 0.05) is 24.6 Å². The number of benzene rings is 1. The lowest BCUT2D eigenvalue weighted by atomic mass is 10.3. The van der Waals surface area contributed by atoms with E-state index in [4.69, 9.17) is 0 Å².